The third-order valence-electron chi connectivity index (χ3n) is 3.57. The van der Waals surface area contributed by atoms with Crippen molar-refractivity contribution in [2.75, 3.05) is 13.2 Å². The molecule has 7 nitrogen and oxygen atoms in total. The smallest absolute Gasteiger partial charge is 0.248 e. The van der Waals surface area contributed by atoms with Crippen LogP contribution in [0.3, 0.4) is 0 Å². The van der Waals surface area contributed by atoms with Gasteiger partial charge in [-0.1, -0.05) is 0 Å². The van der Waals surface area contributed by atoms with Gasteiger partial charge in [0.05, 0.1) is 6.20 Å². The van der Waals surface area contributed by atoms with E-state index < -0.39 is 0 Å². The topological polar surface area (TPSA) is 95.9 Å². The third kappa shape index (κ3) is 3.11. The predicted molar refractivity (Wildman–Crippen MR) is 90.1 cm³/mol. The van der Waals surface area contributed by atoms with E-state index in [1.165, 1.54) is 6.20 Å². The average Bonchev–Trinajstić information content (AvgIpc) is 3.03. The molecule has 3 aromatic heterocycles. The van der Waals surface area contributed by atoms with Crippen molar-refractivity contribution in [1.82, 2.24) is 19.5 Å². The Labute approximate surface area is 139 Å². The standard InChI is InChI=1S/C17H19N5O2/c1-11(2)22-7-5-12-9-20-16(21-17(12)22)15(23)14-4-3-13(10-19-14)24-8-6-18/h3-5,7,9-11H,6,8,18H2,1-2H3. The summed E-state index contributed by atoms with van der Waals surface area (Å²) in [6.07, 6.45) is 5.10. The van der Waals surface area contributed by atoms with E-state index in [1.807, 2.05) is 16.8 Å². The number of pyridine rings is 1. The molecule has 0 saturated heterocycles. The van der Waals surface area contributed by atoms with Crippen molar-refractivity contribution < 1.29 is 9.53 Å². The van der Waals surface area contributed by atoms with Gasteiger partial charge in [0.15, 0.2) is 0 Å². The molecular weight excluding hydrogens is 306 g/mol. The predicted octanol–water partition coefficient (Wildman–Crippen LogP) is 1.98. The molecule has 0 unspecified atom stereocenters. The Morgan fingerprint density at radius 2 is 2.08 bits per heavy atom. The van der Waals surface area contributed by atoms with Gasteiger partial charge in [-0.25, -0.2) is 15.0 Å². The molecule has 0 aromatic carbocycles. The first kappa shape index (κ1) is 16.1. The molecule has 7 heteroatoms. The summed E-state index contributed by atoms with van der Waals surface area (Å²) in [5.41, 5.74) is 6.40. The van der Waals surface area contributed by atoms with Crippen molar-refractivity contribution in [1.29, 1.82) is 0 Å². The number of carbonyl (C=O) groups excluding carboxylic acids is 1. The van der Waals surface area contributed by atoms with Gasteiger partial charge in [0.1, 0.15) is 23.7 Å². The van der Waals surface area contributed by atoms with Gasteiger partial charge in [0, 0.05) is 30.4 Å². The Kier molecular flexibility index (Phi) is 4.52. The number of nitrogens with zero attached hydrogens (tertiary/aromatic N) is 4. The number of fused-ring (bicyclic) bond motifs is 1. The highest BCUT2D eigenvalue weighted by molar-refractivity contribution is 6.05. The van der Waals surface area contributed by atoms with Crippen molar-refractivity contribution in [3.63, 3.8) is 0 Å². The fraction of sp³-hybridized carbons (Fsp3) is 0.294. The van der Waals surface area contributed by atoms with E-state index >= 15 is 0 Å². The molecule has 0 aliphatic carbocycles. The average molecular weight is 325 g/mol. The Morgan fingerprint density at radius 3 is 2.75 bits per heavy atom. The lowest BCUT2D eigenvalue weighted by atomic mass is 10.2. The normalized spacial score (nSPS) is 11.2. The van der Waals surface area contributed by atoms with E-state index in [9.17, 15) is 4.79 Å². The Hall–Kier alpha value is -2.80. The SMILES string of the molecule is CC(C)n1ccc2cnc(C(=O)c3ccc(OCCN)cn3)nc21. The van der Waals surface area contributed by atoms with E-state index in [-0.39, 0.29) is 23.3 Å². The molecule has 24 heavy (non-hydrogen) atoms. The Bertz CT molecular complexity index is 855. The van der Waals surface area contributed by atoms with Crippen LogP contribution in [-0.2, 0) is 0 Å². The second-order valence-corrected chi connectivity index (χ2v) is 5.63. The number of aromatic nitrogens is 4. The van der Waals surface area contributed by atoms with Crippen LogP contribution in [0.5, 0.6) is 5.75 Å². The van der Waals surface area contributed by atoms with Gasteiger partial charge in [0.2, 0.25) is 11.6 Å². The molecule has 0 spiro atoms. The zero-order valence-corrected chi connectivity index (χ0v) is 13.6. The van der Waals surface area contributed by atoms with Crippen LogP contribution in [-0.4, -0.2) is 38.5 Å². The molecule has 3 aromatic rings. The molecule has 3 heterocycles. The zero-order valence-electron chi connectivity index (χ0n) is 13.6. The van der Waals surface area contributed by atoms with E-state index in [0.717, 1.165) is 11.0 Å². The van der Waals surface area contributed by atoms with Gasteiger partial charge < -0.3 is 15.0 Å². The molecule has 0 aliphatic heterocycles. The quantitative estimate of drug-likeness (QED) is 0.696. The Balaban J connectivity index is 1.89. The fourth-order valence-electron chi connectivity index (χ4n) is 2.36. The Morgan fingerprint density at radius 1 is 1.25 bits per heavy atom. The summed E-state index contributed by atoms with van der Waals surface area (Å²) in [5, 5.41) is 0.902. The third-order valence-corrected chi connectivity index (χ3v) is 3.57. The molecular formula is C17H19N5O2. The second-order valence-electron chi connectivity index (χ2n) is 5.63. The van der Waals surface area contributed by atoms with Gasteiger partial charge in [-0.2, -0.15) is 0 Å². The molecule has 0 bridgehead atoms. The maximum absolute atomic E-state index is 12.6. The summed E-state index contributed by atoms with van der Waals surface area (Å²) in [6.45, 7) is 4.94. The summed E-state index contributed by atoms with van der Waals surface area (Å²) in [4.78, 5) is 25.3. The largest absolute Gasteiger partial charge is 0.491 e. The maximum atomic E-state index is 12.6. The minimum absolute atomic E-state index is 0.131. The van der Waals surface area contributed by atoms with Gasteiger partial charge in [-0.3, -0.25) is 4.79 Å². The molecule has 124 valence electrons. The van der Waals surface area contributed by atoms with Gasteiger partial charge in [0.25, 0.3) is 0 Å². The van der Waals surface area contributed by atoms with Crippen LogP contribution in [0.4, 0.5) is 0 Å². The van der Waals surface area contributed by atoms with Crippen molar-refractivity contribution >= 4 is 16.8 Å². The summed E-state index contributed by atoms with van der Waals surface area (Å²) >= 11 is 0. The lowest BCUT2D eigenvalue weighted by Crippen LogP contribution is -2.12. The molecule has 0 aliphatic rings. The minimum Gasteiger partial charge on any atom is -0.491 e. The summed E-state index contributed by atoms with van der Waals surface area (Å²) in [7, 11) is 0. The molecule has 0 radical (unpaired) electrons. The molecule has 2 N–H and O–H groups in total. The highest BCUT2D eigenvalue weighted by Gasteiger charge is 2.16. The monoisotopic (exact) mass is 325 g/mol. The minimum atomic E-state index is -0.321. The van der Waals surface area contributed by atoms with Crippen molar-refractivity contribution in [2.24, 2.45) is 5.73 Å². The molecule has 3 rings (SSSR count). The van der Waals surface area contributed by atoms with Crippen LogP contribution < -0.4 is 10.5 Å². The van der Waals surface area contributed by atoms with Crippen molar-refractivity contribution in [3.05, 3.63) is 48.3 Å². The molecule has 0 saturated carbocycles. The number of hydrogen-bond donors (Lipinski definition) is 1. The second kappa shape index (κ2) is 6.76. The van der Waals surface area contributed by atoms with Crippen molar-refractivity contribution in [2.45, 2.75) is 19.9 Å². The highest BCUT2D eigenvalue weighted by Crippen LogP contribution is 2.18. The van der Waals surface area contributed by atoms with Crippen LogP contribution in [0.15, 0.2) is 36.8 Å². The van der Waals surface area contributed by atoms with Crippen LogP contribution in [0.25, 0.3) is 11.0 Å². The van der Waals surface area contributed by atoms with Crippen LogP contribution >= 0.6 is 0 Å². The zero-order chi connectivity index (χ0) is 17.1. The van der Waals surface area contributed by atoms with E-state index in [4.69, 9.17) is 10.5 Å². The van der Waals surface area contributed by atoms with Crippen LogP contribution in [0.1, 0.15) is 36.2 Å². The lowest BCUT2D eigenvalue weighted by Gasteiger charge is -2.08. The van der Waals surface area contributed by atoms with Gasteiger partial charge >= 0.3 is 0 Å². The van der Waals surface area contributed by atoms with E-state index in [1.54, 1.807) is 18.3 Å². The number of hydrogen-bond acceptors (Lipinski definition) is 6. The first-order valence-corrected chi connectivity index (χ1v) is 7.77. The van der Waals surface area contributed by atoms with Gasteiger partial charge in [-0.05, 0) is 32.0 Å². The number of nitrogens with two attached hydrogens (primary N) is 1. The summed E-state index contributed by atoms with van der Waals surface area (Å²) in [5.74, 6) is 0.382. The van der Waals surface area contributed by atoms with Gasteiger partial charge in [-0.15, -0.1) is 0 Å². The summed E-state index contributed by atoms with van der Waals surface area (Å²) in [6, 6.07) is 5.47. The number of ether oxygens (including phenoxy) is 1. The van der Waals surface area contributed by atoms with E-state index in [2.05, 4.69) is 28.8 Å². The molecule has 0 atom stereocenters. The van der Waals surface area contributed by atoms with Crippen LogP contribution in [0, 0.1) is 0 Å². The lowest BCUT2D eigenvalue weighted by molar-refractivity contribution is 0.102. The maximum Gasteiger partial charge on any atom is 0.248 e. The van der Waals surface area contributed by atoms with Crippen LogP contribution in [0.2, 0.25) is 0 Å². The number of ketones is 1. The highest BCUT2D eigenvalue weighted by atomic mass is 16.5. The first-order valence-electron chi connectivity index (χ1n) is 7.77. The number of rotatable bonds is 6. The fourth-order valence-corrected chi connectivity index (χ4v) is 2.36. The summed E-state index contributed by atoms with van der Waals surface area (Å²) < 4.78 is 7.36. The number of carbonyl (C=O) groups is 1. The molecule has 0 fully saturated rings. The van der Waals surface area contributed by atoms with Crippen molar-refractivity contribution in [3.8, 4) is 5.75 Å². The first-order chi connectivity index (χ1) is 11.6. The van der Waals surface area contributed by atoms with E-state index in [0.29, 0.717) is 18.9 Å². The molecule has 0 amide bonds.